The Labute approximate surface area is 192 Å². The first-order chi connectivity index (χ1) is 15.6. The highest BCUT2D eigenvalue weighted by atomic mass is 32.2. The van der Waals surface area contributed by atoms with Crippen LogP contribution in [0, 0.1) is 0 Å². The molecule has 168 valence electrons. The van der Waals surface area contributed by atoms with Crippen molar-refractivity contribution >= 4 is 34.5 Å². The molecule has 1 aliphatic carbocycles. The first-order valence-electron chi connectivity index (χ1n) is 11.1. The van der Waals surface area contributed by atoms with Gasteiger partial charge >= 0.3 is 0 Å². The first-order valence-corrected chi connectivity index (χ1v) is 12.0. The molecular weight excluding hydrogens is 422 g/mol. The minimum atomic E-state index is -0.109. The molecule has 1 saturated carbocycles. The summed E-state index contributed by atoms with van der Waals surface area (Å²) in [6.45, 7) is 1.16. The van der Waals surface area contributed by atoms with Crippen molar-refractivity contribution in [1.29, 1.82) is 0 Å². The second-order valence-electron chi connectivity index (χ2n) is 8.03. The number of carbonyl (C=O) groups excluding carboxylic acids is 2. The van der Waals surface area contributed by atoms with Gasteiger partial charge in [-0.15, -0.1) is 11.8 Å². The van der Waals surface area contributed by atoms with Crippen LogP contribution in [-0.4, -0.2) is 41.8 Å². The van der Waals surface area contributed by atoms with E-state index in [1.54, 1.807) is 43.1 Å². The number of amides is 2. The fraction of sp³-hybridized carbons (Fsp3) is 0.360. The second kappa shape index (κ2) is 10.6. The smallest absolute Gasteiger partial charge is 0.251 e. The summed E-state index contributed by atoms with van der Waals surface area (Å²) in [7, 11) is 1.60. The number of benzene rings is 2. The van der Waals surface area contributed by atoms with Gasteiger partial charge in [0, 0.05) is 46.7 Å². The van der Waals surface area contributed by atoms with Gasteiger partial charge in [0.1, 0.15) is 5.75 Å². The molecule has 0 radical (unpaired) electrons. The van der Waals surface area contributed by atoms with E-state index in [2.05, 4.69) is 33.5 Å². The molecule has 2 amide bonds. The summed E-state index contributed by atoms with van der Waals surface area (Å²) in [6, 6.07) is 15.6. The third-order valence-corrected chi connectivity index (χ3v) is 6.86. The lowest BCUT2D eigenvalue weighted by atomic mass is 10.2. The number of aromatic nitrogens is 1. The molecule has 7 heteroatoms. The van der Waals surface area contributed by atoms with Crippen LogP contribution >= 0.6 is 11.8 Å². The molecule has 2 N–H and O–H groups in total. The Balaban J connectivity index is 1.35. The predicted octanol–water partition coefficient (Wildman–Crippen LogP) is 4.23. The summed E-state index contributed by atoms with van der Waals surface area (Å²) in [5, 5.41) is 7.26. The van der Waals surface area contributed by atoms with Crippen molar-refractivity contribution in [1.82, 2.24) is 15.2 Å². The quantitative estimate of drug-likeness (QED) is 0.478. The maximum atomic E-state index is 12.4. The van der Waals surface area contributed by atoms with Crippen LogP contribution in [0.5, 0.6) is 5.75 Å². The van der Waals surface area contributed by atoms with Gasteiger partial charge in [0.05, 0.1) is 12.9 Å². The van der Waals surface area contributed by atoms with Gasteiger partial charge in [-0.1, -0.05) is 31.0 Å². The highest BCUT2D eigenvalue weighted by molar-refractivity contribution is 8.00. The van der Waals surface area contributed by atoms with E-state index in [4.69, 9.17) is 4.74 Å². The molecule has 32 heavy (non-hydrogen) atoms. The third-order valence-electron chi connectivity index (χ3n) is 5.82. The van der Waals surface area contributed by atoms with Crippen LogP contribution in [0.2, 0.25) is 0 Å². The van der Waals surface area contributed by atoms with Gasteiger partial charge in [-0.25, -0.2) is 0 Å². The molecule has 0 bridgehead atoms. The Kier molecular flexibility index (Phi) is 7.37. The van der Waals surface area contributed by atoms with E-state index in [1.807, 2.05) is 12.1 Å². The van der Waals surface area contributed by atoms with Crippen LogP contribution in [0.4, 0.5) is 0 Å². The number of hydrogen-bond acceptors (Lipinski definition) is 4. The van der Waals surface area contributed by atoms with Gasteiger partial charge in [-0.05, 0) is 43.2 Å². The Hall–Kier alpha value is -2.93. The van der Waals surface area contributed by atoms with Crippen molar-refractivity contribution in [2.45, 2.75) is 43.2 Å². The Morgan fingerprint density at radius 3 is 2.59 bits per heavy atom. The lowest BCUT2D eigenvalue weighted by Gasteiger charge is -2.11. The van der Waals surface area contributed by atoms with Crippen molar-refractivity contribution in [2.75, 3.05) is 19.4 Å². The van der Waals surface area contributed by atoms with E-state index in [9.17, 15) is 9.59 Å². The van der Waals surface area contributed by atoms with Crippen LogP contribution in [0.3, 0.4) is 0 Å². The van der Waals surface area contributed by atoms with E-state index in [0.717, 1.165) is 34.4 Å². The van der Waals surface area contributed by atoms with Gasteiger partial charge in [-0.3, -0.25) is 9.59 Å². The summed E-state index contributed by atoms with van der Waals surface area (Å²) in [5.74, 6) is 1.13. The summed E-state index contributed by atoms with van der Waals surface area (Å²) in [4.78, 5) is 25.8. The van der Waals surface area contributed by atoms with Gasteiger partial charge in [0.2, 0.25) is 5.91 Å². The number of rotatable bonds is 9. The minimum Gasteiger partial charge on any atom is -0.497 e. The molecule has 0 unspecified atom stereocenters. The largest absolute Gasteiger partial charge is 0.497 e. The van der Waals surface area contributed by atoms with E-state index in [1.165, 1.54) is 12.8 Å². The fourth-order valence-electron chi connectivity index (χ4n) is 4.13. The summed E-state index contributed by atoms with van der Waals surface area (Å²) in [6.07, 6.45) is 6.69. The summed E-state index contributed by atoms with van der Waals surface area (Å²) in [5.41, 5.74) is 1.71. The summed E-state index contributed by atoms with van der Waals surface area (Å²) >= 11 is 1.57. The number of methoxy groups -OCH3 is 1. The molecule has 1 aliphatic rings. The normalized spacial score (nSPS) is 13.9. The highest BCUT2D eigenvalue weighted by Gasteiger charge is 2.18. The van der Waals surface area contributed by atoms with Crippen LogP contribution in [0.25, 0.3) is 10.9 Å². The molecule has 0 atom stereocenters. The average Bonchev–Trinajstić information content (AvgIpc) is 3.46. The molecule has 3 aromatic rings. The molecule has 1 heterocycles. The Morgan fingerprint density at radius 1 is 1.09 bits per heavy atom. The first kappa shape index (κ1) is 22.3. The zero-order valence-electron chi connectivity index (χ0n) is 18.3. The Bertz CT molecular complexity index is 1070. The van der Waals surface area contributed by atoms with E-state index < -0.39 is 0 Å². The third kappa shape index (κ3) is 5.46. The van der Waals surface area contributed by atoms with Crippen molar-refractivity contribution in [3.05, 3.63) is 60.3 Å². The van der Waals surface area contributed by atoms with Crippen molar-refractivity contribution < 1.29 is 14.3 Å². The number of hydrogen-bond donors (Lipinski definition) is 2. The lowest BCUT2D eigenvalue weighted by Crippen LogP contribution is -2.33. The SMILES string of the molecule is COc1ccc(C(=O)NCCn2cc(SCC(=O)NC3CCCC3)c3ccccc32)cc1. The minimum absolute atomic E-state index is 0.102. The highest BCUT2D eigenvalue weighted by Crippen LogP contribution is 2.30. The van der Waals surface area contributed by atoms with Crippen LogP contribution in [0.15, 0.2) is 59.6 Å². The van der Waals surface area contributed by atoms with E-state index in [-0.39, 0.29) is 11.8 Å². The second-order valence-corrected chi connectivity index (χ2v) is 9.04. The maximum Gasteiger partial charge on any atom is 0.251 e. The molecule has 0 aliphatic heterocycles. The number of carbonyl (C=O) groups is 2. The number of ether oxygens (including phenoxy) is 1. The number of nitrogens with one attached hydrogen (secondary N) is 2. The molecule has 0 spiro atoms. The zero-order valence-corrected chi connectivity index (χ0v) is 19.1. The van der Waals surface area contributed by atoms with Crippen molar-refractivity contribution in [2.24, 2.45) is 0 Å². The van der Waals surface area contributed by atoms with E-state index in [0.29, 0.717) is 30.4 Å². The number of nitrogens with zero attached hydrogens (tertiary/aromatic N) is 1. The predicted molar refractivity (Wildman–Crippen MR) is 128 cm³/mol. The van der Waals surface area contributed by atoms with Crippen molar-refractivity contribution in [3.8, 4) is 5.75 Å². The maximum absolute atomic E-state index is 12.4. The average molecular weight is 452 g/mol. The molecule has 4 rings (SSSR count). The molecule has 1 aromatic heterocycles. The molecule has 6 nitrogen and oxygen atoms in total. The summed E-state index contributed by atoms with van der Waals surface area (Å²) < 4.78 is 7.28. The fourth-order valence-corrected chi connectivity index (χ4v) is 5.03. The lowest BCUT2D eigenvalue weighted by molar-refractivity contribution is -0.119. The van der Waals surface area contributed by atoms with Crippen LogP contribution in [-0.2, 0) is 11.3 Å². The van der Waals surface area contributed by atoms with Crippen molar-refractivity contribution in [3.63, 3.8) is 0 Å². The van der Waals surface area contributed by atoms with E-state index >= 15 is 0 Å². The van der Waals surface area contributed by atoms with Gasteiger partial charge < -0.3 is 19.9 Å². The molecule has 2 aromatic carbocycles. The number of fused-ring (bicyclic) bond motifs is 1. The van der Waals surface area contributed by atoms with Gasteiger partial charge in [0.25, 0.3) is 5.91 Å². The monoisotopic (exact) mass is 451 g/mol. The van der Waals surface area contributed by atoms with Crippen LogP contribution in [0.1, 0.15) is 36.0 Å². The topological polar surface area (TPSA) is 72.4 Å². The molecule has 1 fully saturated rings. The Morgan fingerprint density at radius 2 is 1.84 bits per heavy atom. The van der Waals surface area contributed by atoms with Gasteiger partial charge in [0.15, 0.2) is 0 Å². The standard InChI is InChI=1S/C25H29N3O3S/c1-31-20-12-10-18(11-13-20)25(30)26-14-15-28-16-23(21-8-4-5-9-22(21)28)32-17-24(29)27-19-6-2-3-7-19/h4-5,8-13,16,19H,2-3,6-7,14-15,17H2,1H3,(H,26,30)(H,27,29). The van der Waals surface area contributed by atoms with Crippen LogP contribution < -0.4 is 15.4 Å². The molecule has 0 saturated heterocycles. The number of para-hydroxylation sites is 1. The van der Waals surface area contributed by atoms with Gasteiger partial charge in [-0.2, -0.15) is 0 Å². The number of thioether (sulfide) groups is 1. The molecular formula is C25H29N3O3S. The zero-order chi connectivity index (χ0) is 22.3.